The third kappa shape index (κ3) is 1.86. The van der Waals surface area contributed by atoms with Crippen molar-refractivity contribution in [1.29, 1.82) is 0 Å². The maximum Gasteiger partial charge on any atom is 0.339 e. The molecule has 0 amide bonds. The molecule has 1 aliphatic heterocycles. The number of hydrogen-bond acceptors (Lipinski definition) is 4. The number of aliphatic hydroxyl groups is 1. The minimum atomic E-state index is -0.438. The largest absolute Gasteiger partial charge is 0.507 e. The van der Waals surface area contributed by atoms with Crippen LogP contribution in [0.3, 0.4) is 0 Å². The molecule has 0 bridgehead atoms. The molecule has 2 aliphatic rings. The van der Waals surface area contributed by atoms with Gasteiger partial charge < -0.3 is 9.84 Å². The zero-order valence-corrected chi connectivity index (χ0v) is 10.6. The first-order valence-corrected chi connectivity index (χ1v) is 6.01. The molecular formula is C13H19NO3. The quantitative estimate of drug-likeness (QED) is 0.706. The van der Waals surface area contributed by atoms with Gasteiger partial charge in [0.2, 0.25) is 0 Å². The predicted octanol–water partition coefficient (Wildman–Crippen LogP) is 1.78. The summed E-state index contributed by atoms with van der Waals surface area (Å²) in [5, 5.41) is 10.2. The van der Waals surface area contributed by atoms with Crippen molar-refractivity contribution in [2.24, 2.45) is 0 Å². The summed E-state index contributed by atoms with van der Waals surface area (Å²) in [4.78, 5) is 13.8. The number of methoxy groups -OCH3 is 1. The van der Waals surface area contributed by atoms with Crippen LogP contribution in [0.15, 0.2) is 23.0 Å². The first kappa shape index (κ1) is 12.2. The van der Waals surface area contributed by atoms with Crippen molar-refractivity contribution in [1.82, 2.24) is 4.90 Å². The van der Waals surface area contributed by atoms with Gasteiger partial charge in [0.1, 0.15) is 5.76 Å². The standard InChI is InChI=1S/C13H19NO3/c1-8-11(13(16)17-3)12(15)9-6-4-5-7-10(9)14(8)2/h6,8,10,15H,4-5,7H2,1-3H3/t8-,10-/m0/s1. The highest BCUT2D eigenvalue weighted by Crippen LogP contribution is 2.36. The fourth-order valence-corrected chi connectivity index (χ4v) is 2.74. The molecule has 0 radical (unpaired) electrons. The number of aliphatic hydroxyl groups excluding tert-OH is 1. The Balaban J connectivity index is 2.48. The monoisotopic (exact) mass is 237 g/mol. The Morgan fingerprint density at radius 3 is 2.94 bits per heavy atom. The van der Waals surface area contributed by atoms with E-state index in [1.54, 1.807) is 0 Å². The van der Waals surface area contributed by atoms with E-state index >= 15 is 0 Å². The van der Waals surface area contributed by atoms with Crippen LogP contribution < -0.4 is 0 Å². The lowest BCUT2D eigenvalue weighted by molar-refractivity contribution is -0.137. The number of rotatable bonds is 1. The third-order valence-corrected chi connectivity index (χ3v) is 3.86. The minimum absolute atomic E-state index is 0.109. The van der Waals surface area contributed by atoms with E-state index in [4.69, 9.17) is 4.74 Å². The Kier molecular flexibility index (Phi) is 3.24. The first-order chi connectivity index (χ1) is 8.07. The third-order valence-electron chi connectivity index (χ3n) is 3.86. The van der Waals surface area contributed by atoms with Crippen LogP contribution in [0.1, 0.15) is 26.2 Å². The Bertz CT molecular complexity index is 397. The SMILES string of the molecule is COC(=O)C1=C(O)C2=CCCC[C@@H]2N(C)[C@H]1C. The summed E-state index contributed by atoms with van der Waals surface area (Å²) in [6.07, 6.45) is 5.17. The first-order valence-electron chi connectivity index (χ1n) is 6.01. The van der Waals surface area contributed by atoms with Crippen LogP contribution in [0, 0.1) is 0 Å². The smallest absolute Gasteiger partial charge is 0.339 e. The van der Waals surface area contributed by atoms with Crippen molar-refractivity contribution in [2.45, 2.75) is 38.3 Å². The number of likely N-dealkylation sites (N-methyl/N-ethyl adjacent to an activating group) is 1. The average molecular weight is 237 g/mol. The van der Waals surface area contributed by atoms with Gasteiger partial charge in [0, 0.05) is 17.7 Å². The topological polar surface area (TPSA) is 49.8 Å². The van der Waals surface area contributed by atoms with Gasteiger partial charge in [-0.3, -0.25) is 4.90 Å². The molecule has 2 atom stereocenters. The van der Waals surface area contributed by atoms with Crippen LogP contribution in [0.5, 0.6) is 0 Å². The normalized spacial score (nSPS) is 29.7. The predicted molar refractivity (Wildman–Crippen MR) is 64.6 cm³/mol. The van der Waals surface area contributed by atoms with Gasteiger partial charge in [0.05, 0.1) is 12.7 Å². The zero-order valence-electron chi connectivity index (χ0n) is 10.6. The number of hydrogen-bond donors (Lipinski definition) is 1. The molecule has 1 N–H and O–H groups in total. The molecule has 1 aliphatic carbocycles. The Labute approximate surface area is 102 Å². The van der Waals surface area contributed by atoms with Gasteiger partial charge >= 0.3 is 5.97 Å². The summed E-state index contributed by atoms with van der Waals surface area (Å²) in [6, 6.07) is 0.120. The van der Waals surface area contributed by atoms with E-state index in [0.717, 1.165) is 24.8 Å². The van der Waals surface area contributed by atoms with Crippen molar-refractivity contribution >= 4 is 5.97 Å². The van der Waals surface area contributed by atoms with Gasteiger partial charge in [-0.2, -0.15) is 0 Å². The Hall–Kier alpha value is -1.29. The maximum atomic E-state index is 11.7. The fraction of sp³-hybridized carbons (Fsp3) is 0.615. The fourth-order valence-electron chi connectivity index (χ4n) is 2.74. The lowest BCUT2D eigenvalue weighted by atomic mass is 9.84. The van der Waals surface area contributed by atoms with Crippen molar-refractivity contribution in [3.63, 3.8) is 0 Å². The molecule has 0 aromatic rings. The summed E-state index contributed by atoms with van der Waals surface area (Å²) in [5.74, 6) is -0.307. The van der Waals surface area contributed by atoms with Crippen LogP contribution in [-0.4, -0.2) is 42.2 Å². The number of carbonyl (C=O) groups excluding carboxylic acids is 1. The second-order valence-corrected chi connectivity index (χ2v) is 4.70. The highest BCUT2D eigenvalue weighted by Gasteiger charge is 2.38. The molecule has 0 unspecified atom stereocenters. The van der Waals surface area contributed by atoms with Gasteiger partial charge in [-0.05, 0) is 33.2 Å². The molecule has 4 heteroatoms. The van der Waals surface area contributed by atoms with Crippen LogP contribution >= 0.6 is 0 Å². The van der Waals surface area contributed by atoms with Crippen molar-refractivity contribution in [3.05, 3.63) is 23.0 Å². The maximum absolute atomic E-state index is 11.7. The van der Waals surface area contributed by atoms with E-state index in [9.17, 15) is 9.90 Å². The molecule has 0 aromatic heterocycles. The van der Waals surface area contributed by atoms with E-state index in [1.807, 2.05) is 20.0 Å². The van der Waals surface area contributed by atoms with Gasteiger partial charge in [0.25, 0.3) is 0 Å². The van der Waals surface area contributed by atoms with E-state index < -0.39 is 5.97 Å². The minimum Gasteiger partial charge on any atom is -0.507 e. The van der Waals surface area contributed by atoms with Crippen molar-refractivity contribution < 1.29 is 14.6 Å². The second-order valence-electron chi connectivity index (χ2n) is 4.70. The molecule has 1 heterocycles. The molecule has 2 rings (SSSR count). The van der Waals surface area contributed by atoms with E-state index in [1.165, 1.54) is 7.11 Å². The highest BCUT2D eigenvalue weighted by molar-refractivity contribution is 5.91. The van der Waals surface area contributed by atoms with Gasteiger partial charge in [-0.25, -0.2) is 4.79 Å². The summed E-state index contributed by atoms with van der Waals surface area (Å²) < 4.78 is 4.75. The van der Waals surface area contributed by atoms with E-state index in [-0.39, 0.29) is 17.8 Å². The molecule has 17 heavy (non-hydrogen) atoms. The Morgan fingerprint density at radius 1 is 1.59 bits per heavy atom. The molecular weight excluding hydrogens is 218 g/mol. The lowest BCUT2D eigenvalue weighted by Crippen LogP contribution is -2.47. The average Bonchev–Trinajstić information content (AvgIpc) is 2.36. The summed E-state index contributed by atoms with van der Waals surface area (Å²) in [7, 11) is 3.33. The van der Waals surface area contributed by atoms with Gasteiger partial charge in [-0.15, -0.1) is 0 Å². The molecule has 0 fully saturated rings. The van der Waals surface area contributed by atoms with Crippen molar-refractivity contribution in [2.75, 3.05) is 14.2 Å². The molecule has 0 saturated heterocycles. The molecule has 0 saturated carbocycles. The van der Waals surface area contributed by atoms with Crippen LogP contribution in [-0.2, 0) is 9.53 Å². The number of ether oxygens (including phenoxy) is 1. The Morgan fingerprint density at radius 2 is 2.29 bits per heavy atom. The summed E-state index contributed by atoms with van der Waals surface area (Å²) >= 11 is 0. The van der Waals surface area contributed by atoms with E-state index in [2.05, 4.69) is 4.90 Å². The molecule has 0 spiro atoms. The summed E-state index contributed by atoms with van der Waals surface area (Å²) in [5.41, 5.74) is 1.26. The second kappa shape index (κ2) is 4.53. The molecule has 4 nitrogen and oxygen atoms in total. The van der Waals surface area contributed by atoms with Gasteiger partial charge in [-0.1, -0.05) is 6.08 Å². The van der Waals surface area contributed by atoms with Gasteiger partial charge in [0.15, 0.2) is 0 Å². The van der Waals surface area contributed by atoms with Crippen LogP contribution in [0.2, 0.25) is 0 Å². The number of nitrogens with zero attached hydrogens (tertiary/aromatic N) is 1. The number of carbonyl (C=O) groups is 1. The van der Waals surface area contributed by atoms with Crippen LogP contribution in [0.4, 0.5) is 0 Å². The van der Waals surface area contributed by atoms with Crippen molar-refractivity contribution in [3.8, 4) is 0 Å². The van der Waals surface area contributed by atoms with Crippen LogP contribution in [0.25, 0.3) is 0 Å². The molecule has 0 aromatic carbocycles. The molecule has 94 valence electrons. The van der Waals surface area contributed by atoms with E-state index in [0.29, 0.717) is 5.57 Å². The highest BCUT2D eigenvalue weighted by atomic mass is 16.5. The number of fused-ring (bicyclic) bond motifs is 1. The number of esters is 1. The lowest BCUT2D eigenvalue weighted by Gasteiger charge is -2.41. The summed E-state index contributed by atoms with van der Waals surface area (Å²) in [6.45, 7) is 1.92. The number of allylic oxidation sites excluding steroid dienone is 1. The zero-order chi connectivity index (χ0) is 12.6.